The molecule has 1 saturated heterocycles. The van der Waals surface area contributed by atoms with E-state index >= 15 is 0 Å². The monoisotopic (exact) mass is 349 g/mol. The van der Waals surface area contributed by atoms with E-state index in [2.05, 4.69) is 10.6 Å². The predicted octanol–water partition coefficient (Wildman–Crippen LogP) is -0.373. The van der Waals surface area contributed by atoms with Gasteiger partial charge in [-0.2, -0.15) is 0 Å². The van der Waals surface area contributed by atoms with Crippen LogP contribution in [0.2, 0.25) is 0 Å². The van der Waals surface area contributed by atoms with Crippen LogP contribution >= 0.6 is 0 Å². The van der Waals surface area contributed by atoms with E-state index in [0.717, 1.165) is 5.56 Å². The van der Waals surface area contributed by atoms with Crippen LogP contribution in [0, 0.1) is 0 Å². The third kappa shape index (κ3) is 5.01. The third-order valence-electron chi connectivity index (χ3n) is 4.74. The average molecular weight is 349 g/mol. The number of aliphatic hydroxyl groups excluding tert-OH is 2. The molecule has 1 heterocycles. The van der Waals surface area contributed by atoms with Crippen molar-refractivity contribution in [1.82, 2.24) is 15.5 Å². The van der Waals surface area contributed by atoms with Crippen molar-refractivity contribution >= 4 is 11.8 Å². The maximum absolute atomic E-state index is 12.4. The van der Waals surface area contributed by atoms with Gasteiger partial charge in [0.15, 0.2) is 0 Å². The van der Waals surface area contributed by atoms with Crippen LogP contribution in [0.15, 0.2) is 30.3 Å². The summed E-state index contributed by atoms with van der Waals surface area (Å²) in [7, 11) is 0. The first kappa shape index (κ1) is 19.4. The van der Waals surface area contributed by atoms with E-state index in [1.54, 1.807) is 6.92 Å². The van der Waals surface area contributed by atoms with Crippen molar-refractivity contribution in [3.63, 3.8) is 0 Å². The first-order valence-corrected chi connectivity index (χ1v) is 8.62. The molecule has 1 atom stereocenters. The van der Waals surface area contributed by atoms with Gasteiger partial charge in [0.1, 0.15) is 0 Å². The number of hydrogen-bond acceptors (Lipinski definition) is 5. The van der Waals surface area contributed by atoms with E-state index in [1.165, 1.54) is 0 Å². The Kier molecular flexibility index (Phi) is 6.92. The molecule has 0 saturated carbocycles. The quantitative estimate of drug-likeness (QED) is 0.513. The molecule has 0 aliphatic carbocycles. The van der Waals surface area contributed by atoms with E-state index in [-0.39, 0.29) is 31.4 Å². The summed E-state index contributed by atoms with van der Waals surface area (Å²) >= 11 is 0. The van der Waals surface area contributed by atoms with Gasteiger partial charge in [0.2, 0.25) is 11.8 Å². The van der Waals surface area contributed by atoms with Gasteiger partial charge in [-0.25, -0.2) is 0 Å². The fourth-order valence-electron chi connectivity index (χ4n) is 2.95. The van der Waals surface area contributed by atoms with Gasteiger partial charge >= 0.3 is 0 Å². The zero-order chi connectivity index (χ0) is 18.3. The zero-order valence-corrected chi connectivity index (χ0v) is 14.6. The van der Waals surface area contributed by atoms with Crippen molar-refractivity contribution in [2.24, 2.45) is 0 Å². The van der Waals surface area contributed by atoms with Crippen LogP contribution in [0.5, 0.6) is 0 Å². The molecule has 1 aliphatic heterocycles. The number of piperazine rings is 1. The maximum Gasteiger partial charge on any atom is 0.237 e. The number of aliphatic hydroxyl groups is 2. The SMILES string of the molecule is CCC(CO)(CO)NC(=O)C[C@H]1C(=O)NCCN1Cc1ccccc1. The molecule has 7 nitrogen and oxygen atoms in total. The van der Waals surface area contributed by atoms with Crippen LogP contribution in [0.1, 0.15) is 25.3 Å². The predicted molar refractivity (Wildman–Crippen MR) is 93.6 cm³/mol. The lowest BCUT2D eigenvalue weighted by molar-refractivity contribution is -0.135. The minimum absolute atomic E-state index is 0.0135. The number of benzene rings is 1. The normalized spacial score (nSPS) is 18.7. The summed E-state index contributed by atoms with van der Waals surface area (Å²) in [6, 6.07) is 9.23. The lowest BCUT2D eigenvalue weighted by Crippen LogP contribution is -2.59. The molecule has 0 aromatic heterocycles. The smallest absolute Gasteiger partial charge is 0.237 e. The third-order valence-corrected chi connectivity index (χ3v) is 4.74. The molecule has 138 valence electrons. The van der Waals surface area contributed by atoms with Gasteiger partial charge in [-0.05, 0) is 12.0 Å². The van der Waals surface area contributed by atoms with Crippen LogP contribution in [0.25, 0.3) is 0 Å². The lowest BCUT2D eigenvalue weighted by atomic mass is 9.97. The van der Waals surface area contributed by atoms with Gasteiger partial charge in [-0.1, -0.05) is 37.3 Å². The highest BCUT2D eigenvalue weighted by Gasteiger charge is 2.34. The van der Waals surface area contributed by atoms with Crippen molar-refractivity contribution in [3.8, 4) is 0 Å². The molecule has 25 heavy (non-hydrogen) atoms. The van der Waals surface area contributed by atoms with Crippen LogP contribution in [0.3, 0.4) is 0 Å². The van der Waals surface area contributed by atoms with Crippen LogP contribution in [-0.4, -0.2) is 64.8 Å². The molecule has 4 N–H and O–H groups in total. The van der Waals surface area contributed by atoms with Gasteiger partial charge in [0, 0.05) is 19.6 Å². The minimum Gasteiger partial charge on any atom is -0.394 e. The van der Waals surface area contributed by atoms with Crippen molar-refractivity contribution < 1.29 is 19.8 Å². The highest BCUT2D eigenvalue weighted by atomic mass is 16.3. The van der Waals surface area contributed by atoms with Gasteiger partial charge in [-0.15, -0.1) is 0 Å². The Hall–Kier alpha value is -1.96. The molecule has 0 bridgehead atoms. The molecular formula is C18H27N3O4. The molecule has 7 heteroatoms. The molecule has 0 unspecified atom stereocenters. The highest BCUT2D eigenvalue weighted by molar-refractivity contribution is 5.89. The van der Waals surface area contributed by atoms with Crippen molar-refractivity contribution in [2.75, 3.05) is 26.3 Å². The fraction of sp³-hybridized carbons (Fsp3) is 0.556. The summed E-state index contributed by atoms with van der Waals surface area (Å²) in [5.41, 5.74) is 0.0307. The molecule has 2 rings (SSSR count). The van der Waals surface area contributed by atoms with E-state index in [4.69, 9.17) is 0 Å². The summed E-state index contributed by atoms with van der Waals surface area (Å²) in [6.07, 6.45) is 0.386. The summed E-state index contributed by atoms with van der Waals surface area (Å²) < 4.78 is 0. The fourth-order valence-corrected chi connectivity index (χ4v) is 2.95. The van der Waals surface area contributed by atoms with E-state index in [0.29, 0.717) is 26.1 Å². The van der Waals surface area contributed by atoms with Crippen LogP contribution in [-0.2, 0) is 16.1 Å². The van der Waals surface area contributed by atoms with Crippen molar-refractivity contribution in [2.45, 2.75) is 37.9 Å². The Morgan fingerprint density at radius 3 is 2.60 bits per heavy atom. The van der Waals surface area contributed by atoms with E-state index in [9.17, 15) is 19.8 Å². The molecule has 1 aromatic rings. The average Bonchev–Trinajstić information content (AvgIpc) is 2.63. The number of amides is 2. The summed E-state index contributed by atoms with van der Waals surface area (Å²) in [5.74, 6) is -0.530. The first-order valence-electron chi connectivity index (χ1n) is 8.62. The van der Waals surface area contributed by atoms with Crippen LogP contribution in [0.4, 0.5) is 0 Å². The molecule has 2 amide bonds. The summed E-state index contributed by atoms with van der Waals surface area (Å²) in [6.45, 7) is 2.88. The Morgan fingerprint density at radius 1 is 1.32 bits per heavy atom. The number of carbonyl (C=O) groups excluding carboxylic acids is 2. The second kappa shape index (κ2) is 8.94. The number of nitrogens with one attached hydrogen (secondary N) is 2. The standard InChI is InChI=1S/C18H27N3O4/c1-2-18(12-22,13-23)20-16(24)10-15-17(25)19-8-9-21(15)11-14-6-4-3-5-7-14/h3-7,15,22-23H,2,8-13H2,1H3,(H,19,25)(H,20,24)/t15-/m0/s1. The molecule has 0 spiro atoms. The van der Waals surface area contributed by atoms with Gasteiger partial charge in [-0.3, -0.25) is 14.5 Å². The highest BCUT2D eigenvalue weighted by Crippen LogP contribution is 2.15. The Morgan fingerprint density at radius 2 is 2.00 bits per heavy atom. The summed E-state index contributed by atoms with van der Waals surface area (Å²) in [4.78, 5) is 26.7. The van der Waals surface area contributed by atoms with Crippen LogP contribution < -0.4 is 10.6 Å². The van der Waals surface area contributed by atoms with Gasteiger partial charge in [0.05, 0.1) is 31.2 Å². The Balaban J connectivity index is 2.05. The minimum atomic E-state index is -1.05. The molecule has 0 radical (unpaired) electrons. The number of rotatable bonds is 8. The Bertz CT molecular complexity index is 567. The molecular weight excluding hydrogens is 322 g/mol. The van der Waals surface area contributed by atoms with Crippen molar-refractivity contribution in [3.05, 3.63) is 35.9 Å². The topological polar surface area (TPSA) is 102 Å². The van der Waals surface area contributed by atoms with Crippen molar-refractivity contribution in [1.29, 1.82) is 0 Å². The largest absolute Gasteiger partial charge is 0.394 e. The summed E-state index contributed by atoms with van der Waals surface area (Å²) in [5, 5.41) is 24.4. The second-order valence-electron chi connectivity index (χ2n) is 6.47. The lowest BCUT2D eigenvalue weighted by Gasteiger charge is -2.36. The molecule has 1 aromatic carbocycles. The maximum atomic E-state index is 12.4. The number of hydrogen-bond donors (Lipinski definition) is 4. The first-order chi connectivity index (χ1) is 12.0. The van der Waals surface area contributed by atoms with Gasteiger partial charge in [0.25, 0.3) is 0 Å². The Labute approximate surface area is 148 Å². The zero-order valence-electron chi connectivity index (χ0n) is 14.6. The second-order valence-corrected chi connectivity index (χ2v) is 6.47. The van der Waals surface area contributed by atoms with Gasteiger partial charge < -0.3 is 20.8 Å². The van der Waals surface area contributed by atoms with E-state index in [1.807, 2.05) is 35.2 Å². The molecule has 1 aliphatic rings. The van der Waals surface area contributed by atoms with E-state index < -0.39 is 11.6 Å². The number of nitrogens with zero attached hydrogens (tertiary/aromatic N) is 1. The molecule has 1 fully saturated rings. The number of carbonyl (C=O) groups is 2.